The maximum Gasteiger partial charge on any atom is 0.312 e. The Hall–Kier alpha value is -1.46. The fourth-order valence-electron chi connectivity index (χ4n) is 2.14. The van der Waals surface area contributed by atoms with Crippen molar-refractivity contribution in [1.82, 2.24) is 0 Å². The van der Waals surface area contributed by atoms with Crippen molar-refractivity contribution in [3.05, 3.63) is 22.7 Å². The Morgan fingerprint density at radius 2 is 2.25 bits per heavy atom. The minimum Gasteiger partial charge on any atom is -0.493 e. The second-order valence-corrected chi connectivity index (χ2v) is 5.26. The lowest BCUT2D eigenvalue weighted by atomic mass is 9.94. The summed E-state index contributed by atoms with van der Waals surface area (Å²) in [5, 5.41) is 9.69. The zero-order valence-corrected chi connectivity index (χ0v) is 12.0. The van der Waals surface area contributed by atoms with Crippen molar-refractivity contribution in [1.29, 1.82) is 0 Å². The van der Waals surface area contributed by atoms with Crippen LogP contribution in [0.1, 0.15) is 30.7 Å². The monoisotopic (exact) mass is 299 g/mol. The summed E-state index contributed by atoms with van der Waals surface area (Å²) in [6, 6.07) is 3.21. The summed E-state index contributed by atoms with van der Waals surface area (Å²) in [5.41, 5.74) is 6.04. The molecule has 1 saturated carbocycles. The SMILES string of the molecule is COc1cc(Cl)cc(C(CN)C(=O)O)c1OC1CCC1. The molecule has 1 aliphatic rings. The van der Waals surface area contributed by atoms with Gasteiger partial charge in [0.2, 0.25) is 0 Å². The Bertz CT molecular complexity index is 502. The number of hydrogen-bond donors (Lipinski definition) is 2. The lowest BCUT2D eigenvalue weighted by Crippen LogP contribution is -2.27. The first kappa shape index (κ1) is 14.9. The van der Waals surface area contributed by atoms with E-state index in [1.807, 2.05) is 0 Å². The Kier molecular flexibility index (Phi) is 4.73. The number of hydrogen-bond acceptors (Lipinski definition) is 4. The molecule has 1 aromatic carbocycles. The number of ether oxygens (including phenoxy) is 2. The van der Waals surface area contributed by atoms with Crippen LogP contribution >= 0.6 is 11.6 Å². The molecule has 0 bridgehead atoms. The van der Waals surface area contributed by atoms with Crippen molar-refractivity contribution in [3.8, 4) is 11.5 Å². The van der Waals surface area contributed by atoms with Gasteiger partial charge in [0.1, 0.15) is 0 Å². The fourth-order valence-corrected chi connectivity index (χ4v) is 2.36. The number of nitrogens with two attached hydrogens (primary N) is 1. The van der Waals surface area contributed by atoms with Gasteiger partial charge in [0.25, 0.3) is 0 Å². The van der Waals surface area contributed by atoms with Crippen LogP contribution in [0.25, 0.3) is 0 Å². The molecule has 1 unspecified atom stereocenters. The van der Waals surface area contributed by atoms with Gasteiger partial charge in [-0.3, -0.25) is 4.79 Å². The van der Waals surface area contributed by atoms with Crippen LogP contribution in [-0.2, 0) is 4.79 Å². The molecule has 6 heteroatoms. The summed E-state index contributed by atoms with van der Waals surface area (Å²) < 4.78 is 11.2. The lowest BCUT2D eigenvalue weighted by molar-refractivity contribution is -0.138. The van der Waals surface area contributed by atoms with Crippen molar-refractivity contribution < 1.29 is 19.4 Å². The van der Waals surface area contributed by atoms with Gasteiger partial charge in [-0.1, -0.05) is 11.6 Å². The van der Waals surface area contributed by atoms with Crippen LogP contribution in [0.2, 0.25) is 5.02 Å². The third-order valence-electron chi connectivity index (χ3n) is 3.51. The summed E-state index contributed by atoms with van der Waals surface area (Å²) in [6.07, 6.45) is 3.16. The minimum atomic E-state index is -1.00. The molecular formula is C14H18ClNO4. The zero-order chi connectivity index (χ0) is 14.7. The molecule has 1 aromatic rings. The third-order valence-corrected chi connectivity index (χ3v) is 3.73. The number of rotatable bonds is 6. The van der Waals surface area contributed by atoms with Crippen LogP contribution in [0.5, 0.6) is 11.5 Å². The maximum atomic E-state index is 11.3. The molecule has 0 aliphatic heterocycles. The quantitative estimate of drug-likeness (QED) is 0.843. The van der Waals surface area contributed by atoms with E-state index in [2.05, 4.69) is 0 Å². The van der Waals surface area contributed by atoms with Crippen LogP contribution < -0.4 is 15.2 Å². The molecular weight excluding hydrogens is 282 g/mol. The Balaban J connectivity index is 2.45. The maximum absolute atomic E-state index is 11.3. The molecule has 1 aliphatic carbocycles. The highest BCUT2D eigenvalue weighted by Crippen LogP contribution is 2.41. The molecule has 0 amide bonds. The molecule has 0 saturated heterocycles. The number of halogens is 1. The Labute approximate surface area is 122 Å². The summed E-state index contributed by atoms with van der Waals surface area (Å²) in [5.74, 6) is -0.980. The van der Waals surface area contributed by atoms with Crippen molar-refractivity contribution in [2.24, 2.45) is 5.73 Å². The van der Waals surface area contributed by atoms with Gasteiger partial charge in [0, 0.05) is 23.2 Å². The Morgan fingerprint density at radius 3 is 2.70 bits per heavy atom. The van der Waals surface area contributed by atoms with Crippen molar-refractivity contribution >= 4 is 17.6 Å². The predicted molar refractivity (Wildman–Crippen MR) is 75.7 cm³/mol. The molecule has 0 radical (unpaired) electrons. The van der Waals surface area contributed by atoms with E-state index in [1.54, 1.807) is 12.1 Å². The molecule has 20 heavy (non-hydrogen) atoms. The van der Waals surface area contributed by atoms with Gasteiger partial charge in [-0.05, 0) is 25.3 Å². The number of methoxy groups -OCH3 is 1. The highest BCUT2D eigenvalue weighted by atomic mass is 35.5. The number of aliphatic carboxylic acids is 1. The van der Waals surface area contributed by atoms with E-state index in [1.165, 1.54) is 7.11 Å². The molecule has 0 heterocycles. The van der Waals surface area contributed by atoms with Crippen LogP contribution in [0.4, 0.5) is 0 Å². The van der Waals surface area contributed by atoms with Gasteiger partial charge in [-0.2, -0.15) is 0 Å². The smallest absolute Gasteiger partial charge is 0.312 e. The van der Waals surface area contributed by atoms with Gasteiger partial charge in [-0.15, -0.1) is 0 Å². The third kappa shape index (κ3) is 2.99. The summed E-state index contributed by atoms with van der Waals surface area (Å²) in [6.45, 7) is -0.0279. The standard InChI is InChI=1S/C14H18ClNO4/c1-19-12-6-8(15)5-10(11(7-16)14(17)18)13(12)20-9-3-2-4-9/h5-6,9,11H,2-4,7,16H2,1H3,(H,17,18). The van der Waals surface area contributed by atoms with Gasteiger partial charge < -0.3 is 20.3 Å². The highest BCUT2D eigenvalue weighted by Gasteiger charge is 2.28. The largest absolute Gasteiger partial charge is 0.493 e. The van der Waals surface area contributed by atoms with E-state index in [9.17, 15) is 9.90 Å². The Morgan fingerprint density at radius 1 is 1.55 bits per heavy atom. The normalized spacial score (nSPS) is 16.4. The molecule has 2 rings (SSSR count). The summed E-state index contributed by atoms with van der Waals surface area (Å²) in [4.78, 5) is 11.3. The molecule has 0 spiro atoms. The van der Waals surface area contributed by atoms with Gasteiger partial charge >= 0.3 is 5.97 Å². The van der Waals surface area contributed by atoms with Gasteiger partial charge in [0.15, 0.2) is 11.5 Å². The molecule has 1 fully saturated rings. The van der Waals surface area contributed by atoms with E-state index in [0.717, 1.165) is 19.3 Å². The van der Waals surface area contributed by atoms with Crippen molar-refractivity contribution in [2.75, 3.05) is 13.7 Å². The van der Waals surface area contributed by atoms with E-state index >= 15 is 0 Å². The van der Waals surface area contributed by atoms with Gasteiger partial charge in [0.05, 0.1) is 19.1 Å². The lowest BCUT2D eigenvalue weighted by Gasteiger charge is -2.29. The molecule has 1 atom stereocenters. The van der Waals surface area contributed by atoms with Crippen LogP contribution in [-0.4, -0.2) is 30.8 Å². The van der Waals surface area contributed by atoms with Crippen LogP contribution in [0.3, 0.4) is 0 Å². The highest BCUT2D eigenvalue weighted by molar-refractivity contribution is 6.30. The van der Waals surface area contributed by atoms with Crippen LogP contribution in [0, 0.1) is 0 Å². The first-order valence-electron chi connectivity index (χ1n) is 6.53. The summed E-state index contributed by atoms with van der Waals surface area (Å²) >= 11 is 6.02. The van der Waals surface area contributed by atoms with Crippen molar-refractivity contribution in [3.63, 3.8) is 0 Å². The molecule has 5 nitrogen and oxygen atoms in total. The topological polar surface area (TPSA) is 81.8 Å². The number of carboxylic acids is 1. The first-order valence-corrected chi connectivity index (χ1v) is 6.91. The molecule has 110 valence electrons. The second kappa shape index (κ2) is 6.33. The minimum absolute atomic E-state index is 0.0279. The van der Waals surface area contributed by atoms with Crippen molar-refractivity contribution in [2.45, 2.75) is 31.3 Å². The van der Waals surface area contributed by atoms with E-state index in [4.69, 9.17) is 26.8 Å². The van der Waals surface area contributed by atoms with E-state index < -0.39 is 11.9 Å². The molecule has 0 aromatic heterocycles. The fraction of sp³-hybridized carbons (Fsp3) is 0.500. The predicted octanol–water partition coefficient (Wildman–Crippen LogP) is 2.41. The number of benzene rings is 1. The second-order valence-electron chi connectivity index (χ2n) is 4.82. The average molecular weight is 300 g/mol. The average Bonchev–Trinajstić information content (AvgIpc) is 2.35. The number of carboxylic acid groups (broad SMARTS) is 1. The van der Waals surface area contributed by atoms with E-state index in [-0.39, 0.29) is 12.6 Å². The zero-order valence-electron chi connectivity index (χ0n) is 11.3. The van der Waals surface area contributed by atoms with Gasteiger partial charge in [-0.25, -0.2) is 0 Å². The number of carbonyl (C=O) groups is 1. The summed E-state index contributed by atoms with van der Waals surface area (Å²) in [7, 11) is 1.50. The first-order chi connectivity index (χ1) is 9.56. The van der Waals surface area contributed by atoms with Crippen LogP contribution in [0.15, 0.2) is 12.1 Å². The molecule has 3 N–H and O–H groups in total. The van der Waals surface area contributed by atoms with E-state index in [0.29, 0.717) is 22.1 Å².